The first-order chi connectivity index (χ1) is 14.1. The molecule has 1 rings (SSSR count). The van der Waals surface area contributed by atoms with E-state index >= 15 is 0 Å². The third-order valence-corrected chi connectivity index (χ3v) is 11.6. The van der Waals surface area contributed by atoms with Crippen molar-refractivity contribution in [2.45, 2.75) is 69.9 Å². The summed E-state index contributed by atoms with van der Waals surface area (Å²) < 4.78 is 23.2. The topological polar surface area (TPSA) is 107 Å². The van der Waals surface area contributed by atoms with Gasteiger partial charge in [-0.25, -0.2) is 0 Å². The van der Waals surface area contributed by atoms with Gasteiger partial charge < -0.3 is 24.4 Å². The molecule has 1 aliphatic carbocycles. The molecule has 186 valence electrons. The molecule has 0 amide bonds. The van der Waals surface area contributed by atoms with Crippen LogP contribution in [0.1, 0.15) is 41.5 Å². The molecule has 0 aromatic heterocycles. The number of rotatable bonds is 9. The first-order valence-corrected chi connectivity index (χ1v) is 14.8. The van der Waals surface area contributed by atoms with Crippen LogP contribution in [0.25, 0.3) is 0 Å². The molecule has 0 bridgehead atoms. The molecule has 0 spiro atoms. The van der Waals surface area contributed by atoms with Crippen molar-refractivity contribution >= 4 is 14.1 Å². The first-order valence-electron chi connectivity index (χ1n) is 10.6. The van der Waals surface area contributed by atoms with E-state index in [2.05, 4.69) is 79.5 Å². The van der Waals surface area contributed by atoms with Gasteiger partial charge in [-0.1, -0.05) is 41.5 Å². The Labute approximate surface area is 197 Å². The standard InChI is InChI=1S/C15H28O4Si.C6H16N2.2O.Os/c1-10(2)20(11(3)4,12(5)6)19-9-15(18)13(16)7-8-14(15)17;1-7(2)5-6-8(3)4;;;/h7-8,10-13,16,18H,9H2,1-6H3;5-6H2,1-4H3;;;/t13-,15-;;;;/m0..../s1. The second kappa shape index (κ2) is 15.5. The molecule has 0 aromatic carbocycles. The van der Waals surface area contributed by atoms with E-state index in [9.17, 15) is 15.0 Å². The van der Waals surface area contributed by atoms with E-state index in [1.807, 2.05) is 0 Å². The van der Waals surface area contributed by atoms with Crippen LogP contribution < -0.4 is 0 Å². The molecule has 0 aliphatic heterocycles. The number of carbonyl (C=O) groups excluding carboxylic acids is 1. The molecule has 0 aromatic rings. The summed E-state index contributed by atoms with van der Waals surface area (Å²) in [5, 5.41) is 20.2. The molecule has 1 aliphatic rings. The Morgan fingerprint density at radius 1 is 1.00 bits per heavy atom. The Hall–Kier alpha value is -0.337. The molecule has 31 heavy (non-hydrogen) atoms. The van der Waals surface area contributed by atoms with Crippen molar-refractivity contribution in [3.05, 3.63) is 12.2 Å². The van der Waals surface area contributed by atoms with Crippen LogP contribution in [0.2, 0.25) is 16.6 Å². The number of hydrogen-bond acceptors (Lipinski definition) is 8. The van der Waals surface area contributed by atoms with E-state index in [1.54, 1.807) is 0 Å². The molecule has 0 fully saturated rings. The van der Waals surface area contributed by atoms with Gasteiger partial charge in [-0.2, -0.15) is 0 Å². The second-order valence-electron chi connectivity index (χ2n) is 9.36. The molecule has 2 atom stereocenters. The first kappa shape index (κ1) is 32.8. The van der Waals surface area contributed by atoms with Crippen LogP contribution in [-0.2, 0) is 33.6 Å². The maximum atomic E-state index is 11.8. The Morgan fingerprint density at radius 2 is 1.35 bits per heavy atom. The summed E-state index contributed by atoms with van der Waals surface area (Å²) in [4.78, 5) is 16.1. The van der Waals surface area contributed by atoms with Crippen LogP contribution in [-0.4, -0.2) is 93.7 Å². The summed E-state index contributed by atoms with van der Waals surface area (Å²) >= 11 is -2.08. The van der Waals surface area contributed by atoms with Gasteiger partial charge in [0, 0.05) is 13.1 Å². The zero-order chi connectivity index (χ0) is 25.0. The van der Waals surface area contributed by atoms with Gasteiger partial charge in [0.15, 0.2) is 19.7 Å². The van der Waals surface area contributed by atoms with Gasteiger partial charge in [0.05, 0.1) is 6.61 Å². The maximum absolute atomic E-state index is 11.8. The summed E-state index contributed by atoms with van der Waals surface area (Å²) in [5.41, 5.74) is -0.704. The van der Waals surface area contributed by atoms with Crippen LogP contribution in [0.4, 0.5) is 0 Å². The summed E-state index contributed by atoms with van der Waals surface area (Å²) in [7, 11) is 6.19. The Balaban J connectivity index is 0. The van der Waals surface area contributed by atoms with Crippen molar-refractivity contribution in [2.24, 2.45) is 0 Å². The normalized spacial score (nSPS) is 21.1. The second-order valence-corrected chi connectivity index (χ2v) is 15.2. The molecule has 0 heterocycles. The molecule has 0 radical (unpaired) electrons. The Morgan fingerprint density at radius 3 is 1.58 bits per heavy atom. The predicted octanol–water partition coefficient (Wildman–Crippen LogP) is 2.28. The molecule has 8 nitrogen and oxygen atoms in total. The van der Waals surface area contributed by atoms with E-state index < -0.39 is 43.1 Å². The van der Waals surface area contributed by atoms with Crippen LogP contribution in [0, 0.1) is 0 Å². The Bertz CT molecular complexity index is 563. The van der Waals surface area contributed by atoms with Crippen LogP contribution in [0.3, 0.4) is 0 Å². The minimum absolute atomic E-state index is 0.124. The molecule has 2 N–H and O–H groups in total. The van der Waals surface area contributed by atoms with Crippen LogP contribution in [0.5, 0.6) is 0 Å². The molecule has 0 saturated carbocycles. The molecular weight excluding hydrogens is 595 g/mol. The number of aliphatic hydroxyl groups excluding tert-OH is 1. The fourth-order valence-electron chi connectivity index (χ4n) is 3.92. The molecular formula is C21H44N2O6OsSi. The molecule has 0 saturated heterocycles. The van der Waals surface area contributed by atoms with Crippen molar-refractivity contribution < 1.29 is 43.8 Å². The van der Waals surface area contributed by atoms with Gasteiger partial charge >= 0.3 is 24.4 Å². The van der Waals surface area contributed by atoms with Gasteiger partial charge in [-0.15, -0.1) is 0 Å². The number of nitrogens with zero attached hydrogens (tertiary/aromatic N) is 2. The van der Waals surface area contributed by atoms with Crippen molar-refractivity contribution in [3.63, 3.8) is 0 Å². The van der Waals surface area contributed by atoms with E-state index in [0.29, 0.717) is 16.6 Å². The molecule has 10 heteroatoms. The van der Waals surface area contributed by atoms with Gasteiger partial charge in [-0.05, 0) is 57.0 Å². The summed E-state index contributed by atoms with van der Waals surface area (Å²) in [6.07, 6.45) is 1.39. The van der Waals surface area contributed by atoms with Crippen LogP contribution >= 0.6 is 0 Å². The zero-order valence-corrected chi connectivity index (χ0v) is 24.4. The number of carbonyl (C=O) groups is 1. The van der Waals surface area contributed by atoms with Crippen molar-refractivity contribution in [1.82, 2.24) is 9.80 Å². The van der Waals surface area contributed by atoms with Gasteiger partial charge in [0.25, 0.3) is 0 Å². The fraction of sp³-hybridized carbons (Fsp3) is 0.857. The summed E-state index contributed by atoms with van der Waals surface area (Å²) in [6.45, 7) is 15.0. The summed E-state index contributed by atoms with van der Waals surface area (Å²) in [5.74, 6) is -0.468. The number of hydrogen-bond donors (Lipinski definition) is 2. The predicted molar refractivity (Wildman–Crippen MR) is 121 cm³/mol. The zero-order valence-electron chi connectivity index (χ0n) is 20.9. The summed E-state index contributed by atoms with van der Waals surface area (Å²) in [6, 6.07) is 0. The van der Waals surface area contributed by atoms with Crippen molar-refractivity contribution in [2.75, 3.05) is 47.9 Å². The monoisotopic (exact) mass is 640 g/mol. The van der Waals surface area contributed by atoms with E-state index in [-0.39, 0.29) is 6.61 Å². The number of aliphatic hydroxyl groups is 2. The Kier molecular flexibility index (Phi) is 16.4. The number of likely N-dealkylation sites (N-methyl/N-ethyl adjacent to an activating group) is 2. The van der Waals surface area contributed by atoms with Crippen molar-refractivity contribution in [1.29, 1.82) is 0 Å². The van der Waals surface area contributed by atoms with Crippen molar-refractivity contribution in [3.8, 4) is 0 Å². The van der Waals surface area contributed by atoms with E-state index in [4.69, 9.17) is 11.5 Å². The molecule has 0 unspecified atom stereocenters. The van der Waals surface area contributed by atoms with Gasteiger partial charge in [-0.3, -0.25) is 4.79 Å². The quantitative estimate of drug-likeness (QED) is 0.371. The van der Waals surface area contributed by atoms with Gasteiger partial charge in [0.1, 0.15) is 6.10 Å². The fourth-order valence-corrected chi connectivity index (χ4v) is 9.39. The average Bonchev–Trinajstić information content (AvgIpc) is 2.88. The van der Waals surface area contributed by atoms with E-state index in [0.717, 1.165) is 13.1 Å². The third-order valence-electron chi connectivity index (χ3n) is 5.59. The van der Waals surface area contributed by atoms with Crippen LogP contribution in [0.15, 0.2) is 12.2 Å². The third kappa shape index (κ3) is 10.4. The number of ketones is 1. The SMILES string of the molecule is CC(C)[Si](OC[C@@]1(O)C(=O)C=C[C@@H]1O)(C(C)C)C(C)C.CN(C)CCN(C)C.[O]=[Os]=[O]. The van der Waals surface area contributed by atoms with Gasteiger partial charge in [0.2, 0.25) is 0 Å². The minimum atomic E-state index is -2.15. The van der Waals surface area contributed by atoms with E-state index in [1.165, 1.54) is 12.2 Å². The average molecular weight is 639 g/mol.